The Morgan fingerprint density at radius 2 is 1.68 bits per heavy atom. The van der Waals surface area contributed by atoms with Gasteiger partial charge >= 0.3 is 5.97 Å². The first-order valence-electron chi connectivity index (χ1n) is 8.68. The average molecular weight is 385 g/mol. The van der Waals surface area contributed by atoms with Crippen molar-refractivity contribution in [1.82, 2.24) is 5.32 Å². The van der Waals surface area contributed by atoms with Gasteiger partial charge in [0.05, 0.1) is 20.3 Å². The normalized spacial score (nSPS) is 11.2. The Labute approximate surface area is 163 Å². The molecule has 28 heavy (non-hydrogen) atoms. The molecule has 0 saturated heterocycles. The Hall–Kier alpha value is -3.35. The number of esters is 1. The molecule has 0 fully saturated rings. The molecular weight excluding hydrogens is 362 g/mol. The molecule has 7 heteroatoms. The fourth-order valence-corrected chi connectivity index (χ4v) is 2.64. The van der Waals surface area contributed by atoms with Gasteiger partial charge in [-0.1, -0.05) is 36.4 Å². The molecule has 0 heterocycles. The van der Waals surface area contributed by atoms with Gasteiger partial charge in [-0.2, -0.15) is 0 Å². The number of Topliss-reactive ketones (excluding diaryl/α,β-unsaturated/α-hetero) is 1. The summed E-state index contributed by atoms with van der Waals surface area (Å²) in [6.07, 6.45) is 0.361. The van der Waals surface area contributed by atoms with Crippen LogP contribution in [0.4, 0.5) is 0 Å². The Balaban J connectivity index is 1.97. The van der Waals surface area contributed by atoms with Gasteiger partial charge in [-0.05, 0) is 31.0 Å². The minimum absolute atomic E-state index is 0.141. The Morgan fingerprint density at radius 3 is 2.29 bits per heavy atom. The molecule has 2 rings (SSSR count). The molecule has 1 amide bonds. The summed E-state index contributed by atoms with van der Waals surface area (Å²) in [4.78, 5) is 36.3. The van der Waals surface area contributed by atoms with E-state index in [1.165, 1.54) is 27.2 Å². The summed E-state index contributed by atoms with van der Waals surface area (Å²) in [5.74, 6) is -0.875. The van der Waals surface area contributed by atoms with Gasteiger partial charge in [0.1, 0.15) is 5.56 Å². The largest absolute Gasteiger partial charge is 0.493 e. The standard InChI is InChI=1S/C21H23NO6/c1-14(23)17(12-15-8-5-4-6-9-15)22-19(24)13-28-21(25)16-10-7-11-18(26-2)20(16)27-3/h4-11,17H,12-13H2,1-3H3,(H,22,24)/t17-/m0/s1. The number of amides is 1. The fourth-order valence-electron chi connectivity index (χ4n) is 2.64. The van der Waals surface area contributed by atoms with Crippen LogP contribution in [0, 0.1) is 0 Å². The van der Waals surface area contributed by atoms with Crippen LogP contribution in [-0.4, -0.2) is 44.5 Å². The molecule has 0 saturated carbocycles. The van der Waals surface area contributed by atoms with Crippen LogP contribution in [0.2, 0.25) is 0 Å². The minimum Gasteiger partial charge on any atom is -0.493 e. The van der Waals surface area contributed by atoms with E-state index < -0.39 is 24.5 Å². The number of ether oxygens (including phenoxy) is 3. The summed E-state index contributed by atoms with van der Waals surface area (Å²) in [7, 11) is 2.86. The van der Waals surface area contributed by atoms with Crippen molar-refractivity contribution in [2.75, 3.05) is 20.8 Å². The van der Waals surface area contributed by atoms with Crippen molar-refractivity contribution < 1.29 is 28.6 Å². The Morgan fingerprint density at radius 1 is 0.964 bits per heavy atom. The minimum atomic E-state index is -0.728. The Kier molecular flexibility index (Phi) is 7.56. The van der Waals surface area contributed by atoms with Crippen LogP contribution in [0.5, 0.6) is 11.5 Å². The molecule has 0 bridgehead atoms. The summed E-state index contributed by atoms with van der Waals surface area (Å²) in [6.45, 7) is 0.888. The first-order valence-corrected chi connectivity index (χ1v) is 8.68. The lowest BCUT2D eigenvalue weighted by atomic mass is 10.0. The number of methoxy groups -OCH3 is 2. The zero-order chi connectivity index (χ0) is 20.5. The monoisotopic (exact) mass is 385 g/mol. The van der Waals surface area contributed by atoms with Crippen molar-refractivity contribution in [2.45, 2.75) is 19.4 Å². The fraction of sp³-hybridized carbons (Fsp3) is 0.286. The summed E-state index contributed by atoms with van der Waals surface area (Å²) in [5, 5.41) is 2.60. The molecule has 0 spiro atoms. The predicted molar refractivity (Wildman–Crippen MR) is 103 cm³/mol. The van der Waals surface area contributed by atoms with E-state index in [4.69, 9.17) is 14.2 Å². The van der Waals surface area contributed by atoms with Crippen LogP contribution < -0.4 is 14.8 Å². The maximum absolute atomic E-state index is 12.3. The molecule has 1 N–H and O–H groups in total. The topological polar surface area (TPSA) is 90.9 Å². The van der Waals surface area contributed by atoms with Gasteiger partial charge in [0, 0.05) is 0 Å². The van der Waals surface area contributed by atoms with Crippen molar-refractivity contribution >= 4 is 17.7 Å². The molecular formula is C21H23NO6. The van der Waals surface area contributed by atoms with Gasteiger partial charge in [-0.3, -0.25) is 9.59 Å². The van der Waals surface area contributed by atoms with Gasteiger partial charge in [-0.15, -0.1) is 0 Å². The van der Waals surface area contributed by atoms with Crippen LogP contribution in [0.25, 0.3) is 0 Å². The molecule has 0 unspecified atom stereocenters. The van der Waals surface area contributed by atoms with E-state index in [-0.39, 0.29) is 17.1 Å². The van der Waals surface area contributed by atoms with Crippen LogP contribution in [0.1, 0.15) is 22.8 Å². The molecule has 2 aromatic carbocycles. The molecule has 2 aromatic rings. The first kappa shape index (κ1) is 21.0. The van der Waals surface area contributed by atoms with Gasteiger partial charge in [0.2, 0.25) is 0 Å². The van der Waals surface area contributed by atoms with Crippen molar-refractivity contribution in [1.29, 1.82) is 0 Å². The number of hydrogen-bond acceptors (Lipinski definition) is 6. The molecule has 0 radical (unpaired) electrons. The third-order valence-corrected chi connectivity index (χ3v) is 4.07. The highest BCUT2D eigenvalue weighted by molar-refractivity contribution is 5.95. The van der Waals surface area contributed by atoms with Crippen LogP contribution in [0.3, 0.4) is 0 Å². The lowest BCUT2D eigenvalue weighted by molar-refractivity contribution is -0.128. The van der Waals surface area contributed by atoms with Crippen molar-refractivity contribution in [3.05, 3.63) is 59.7 Å². The van der Waals surface area contributed by atoms with Crippen molar-refractivity contribution in [2.24, 2.45) is 0 Å². The number of rotatable bonds is 9. The van der Waals surface area contributed by atoms with Crippen molar-refractivity contribution in [3.63, 3.8) is 0 Å². The van der Waals surface area contributed by atoms with Crippen LogP contribution >= 0.6 is 0 Å². The molecule has 0 aliphatic heterocycles. The highest BCUT2D eigenvalue weighted by Crippen LogP contribution is 2.31. The third-order valence-electron chi connectivity index (χ3n) is 4.07. The van der Waals surface area contributed by atoms with Crippen LogP contribution in [0.15, 0.2) is 48.5 Å². The summed E-state index contributed by atoms with van der Waals surface area (Å²) >= 11 is 0. The van der Waals surface area contributed by atoms with Gasteiger partial charge in [0.15, 0.2) is 23.9 Å². The molecule has 0 aromatic heterocycles. The number of para-hydroxylation sites is 1. The van der Waals surface area contributed by atoms with Gasteiger partial charge < -0.3 is 19.5 Å². The molecule has 148 valence electrons. The van der Waals surface area contributed by atoms with E-state index in [0.29, 0.717) is 12.2 Å². The summed E-state index contributed by atoms with van der Waals surface area (Å²) < 4.78 is 15.4. The maximum Gasteiger partial charge on any atom is 0.342 e. The molecule has 7 nitrogen and oxygen atoms in total. The van der Waals surface area contributed by atoms with E-state index in [9.17, 15) is 14.4 Å². The van der Waals surface area contributed by atoms with Crippen LogP contribution in [-0.2, 0) is 20.7 Å². The van der Waals surface area contributed by atoms with Crippen molar-refractivity contribution in [3.8, 4) is 11.5 Å². The van der Waals surface area contributed by atoms with E-state index in [2.05, 4.69) is 5.32 Å². The summed E-state index contributed by atoms with van der Waals surface area (Å²) in [6, 6.07) is 13.4. The lowest BCUT2D eigenvalue weighted by Gasteiger charge is -2.16. The number of carbonyl (C=O) groups is 3. The number of carbonyl (C=O) groups excluding carboxylic acids is 3. The second-order valence-corrected chi connectivity index (χ2v) is 6.04. The molecule has 0 aliphatic rings. The number of benzene rings is 2. The van der Waals surface area contributed by atoms with E-state index in [1.54, 1.807) is 12.1 Å². The number of nitrogens with one attached hydrogen (secondary N) is 1. The number of ketones is 1. The second kappa shape index (κ2) is 10.1. The number of hydrogen-bond donors (Lipinski definition) is 1. The molecule has 1 atom stereocenters. The van der Waals surface area contributed by atoms with E-state index in [0.717, 1.165) is 5.56 Å². The highest BCUT2D eigenvalue weighted by Gasteiger charge is 2.21. The zero-order valence-corrected chi connectivity index (χ0v) is 16.1. The quantitative estimate of drug-likeness (QED) is 0.666. The van der Waals surface area contributed by atoms with E-state index in [1.807, 2.05) is 30.3 Å². The second-order valence-electron chi connectivity index (χ2n) is 6.04. The lowest BCUT2D eigenvalue weighted by Crippen LogP contribution is -2.43. The smallest absolute Gasteiger partial charge is 0.342 e. The molecule has 0 aliphatic carbocycles. The Bertz CT molecular complexity index is 834. The third kappa shape index (κ3) is 5.57. The highest BCUT2D eigenvalue weighted by atomic mass is 16.5. The maximum atomic E-state index is 12.3. The predicted octanol–water partition coefficient (Wildman–Crippen LogP) is 2.18. The first-order chi connectivity index (χ1) is 13.5. The van der Waals surface area contributed by atoms with Gasteiger partial charge in [0.25, 0.3) is 5.91 Å². The average Bonchev–Trinajstić information content (AvgIpc) is 2.71. The SMILES string of the molecule is COc1cccc(C(=O)OCC(=O)N[C@@H](Cc2ccccc2)C(C)=O)c1OC. The summed E-state index contributed by atoms with van der Waals surface area (Å²) in [5.41, 5.74) is 1.06. The van der Waals surface area contributed by atoms with Gasteiger partial charge in [-0.25, -0.2) is 4.79 Å². The van der Waals surface area contributed by atoms with E-state index >= 15 is 0 Å². The zero-order valence-electron chi connectivity index (χ0n) is 16.1.